The average Bonchev–Trinajstić information content (AvgIpc) is 2.10. The summed E-state index contributed by atoms with van der Waals surface area (Å²) < 4.78 is 0. The van der Waals surface area contributed by atoms with Crippen molar-refractivity contribution in [1.82, 2.24) is 0 Å². The smallest absolute Gasteiger partial charge is 0.163 e. The van der Waals surface area contributed by atoms with Gasteiger partial charge in [-0.1, -0.05) is 6.07 Å². The van der Waals surface area contributed by atoms with Gasteiger partial charge in [-0.25, -0.2) is 0 Å². The number of phenols is 1. The Morgan fingerprint density at radius 2 is 2.21 bits per heavy atom. The fraction of sp³-hybridized carbons (Fsp3) is 0.273. The molecule has 0 heterocycles. The summed E-state index contributed by atoms with van der Waals surface area (Å²) in [5.74, 6) is -0.255. The van der Waals surface area contributed by atoms with Crippen LogP contribution in [0.1, 0.15) is 28.4 Å². The molecule has 1 rings (SSSR count). The van der Waals surface area contributed by atoms with Gasteiger partial charge in [-0.3, -0.25) is 4.79 Å². The number of aromatic hydroxyl groups is 1. The van der Waals surface area contributed by atoms with Crippen LogP contribution >= 0.6 is 0 Å². The molecule has 0 unspecified atom stereocenters. The van der Waals surface area contributed by atoms with Gasteiger partial charge in [-0.05, 0) is 25.5 Å². The van der Waals surface area contributed by atoms with E-state index in [0.717, 1.165) is 5.56 Å². The third-order valence-corrected chi connectivity index (χ3v) is 1.98. The Morgan fingerprint density at radius 1 is 1.57 bits per heavy atom. The number of nitrogens with zero attached hydrogens (tertiary/aromatic N) is 1. The Bertz CT molecular complexity index is 416. The second-order valence-corrected chi connectivity index (χ2v) is 3.21. The second kappa shape index (κ2) is 3.93. The second-order valence-electron chi connectivity index (χ2n) is 3.21. The normalized spacial score (nSPS) is 9.50. The number of phenolic OH excluding ortho intramolecular Hbond substituents is 1. The highest BCUT2D eigenvalue weighted by atomic mass is 16.3. The molecule has 1 aromatic carbocycles. The van der Waals surface area contributed by atoms with Crippen LogP contribution in [-0.4, -0.2) is 10.9 Å². The van der Waals surface area contributed by atoms with E-state index in [1.807, 2.05) is 13.0 Å². The van der Waals surface area contributed by atoms with Crippen LogP contribution in [0.4, 0.5) is 0 Å². The Balaban J connectivity index is 3.33. The molecule has 3 heteroatoms. The van der Waals surface area contributed by atoms with E-state index in [1.165, 1.54) is 6.92 Å². The maximum absolute atomic E-state index is 11.1. The number of rotatable bonds is 2. The Morgan fingerprint density at radius 3 is 2.71 bits per heavy atom. The fourth-order valence-corrected chi connectivity index (χ4v) is 1.34. The van der Waals surface area contributed by atoms with E-state index in [9.17, 15) is 9.90 Å². The van der Waals surface area contributed by atoms with Crippen molar-refractivity contribution in [1.29, 1.82) is 5.26 Å². The van der Waals surface area contributed by atoms with E-state index in [0.29, 0.717) is 5.56 Å². The average molecular weight is 189 g/mol. The van der Waals surface area contributed by atoms with Crippen molar-refractivity contribution in [2.24, 2.45) is 0 Å². The highest BCUT2D eigenvalue weighted by Gasteiger charge is 2.11. The number of carbonyl (C=O) groups is 1. The number of hydrogen-bond donors (Lipinski definition) is 1. The van der Waals surface area contributed by atoms with Crippen molar-refractivity contribution < 1.29 is 9.90 Å². The first-order valence-corrected chi connectivity index (χ1v) is 4.26. The van der Waals surface area contributed by atoms with E-state index < -0.39 is 0 Å². The van der Waals surface area contributed by atoms with Crippen LogP contribution in [0, 0.1) is 18.3 Å². The first-order valence-electron chi connectivity index (χ1n) is 4.26. The lowest BCUT2D eigenvalue weighted by Gasteiger charge is -2.06. The van der Waals surface area contributed by atoms with Crippen LogP contribution in [0.3, 0.4) is 0 Å². The lowest BCUT2D eigenvalue weighted by atomic mass is 10.0. The number of ketones is 1. The maximum atomic E-state index is 11.1. The van der Waals surface area contributed by atoms with Gasteiger partial charge in [0.1, 0.15) is 5.75 Å². The molecular formula is C11H11NO2. The summed E-state index contributed by atoms with van der Waals surface area (Å²) in [6, 6.07) is 5.28. The number of hydrogen-bond acceptors (Lipinski definition) is 3. The molecule has 0 saturated heterocycles. The molecule has 1 aromatic rings. The third kappa shape index (κ3) is 1.91. The molecule has 0 radical (unpaired) electrons. The van der Waals surface area contributed by atoms with Crippen LogP contribution in [0.5, 0.6) is 5.75 Å². The van der Waals surface area contributed by atoms with Crippen LogP contribution in [0.2, 0.25) is 0 Å². The molecule has 0 atom stereocenters. The van der Waals surface area contributed by atoms with E-state index in [1.54, 1.807) is 12.1 Å². The maximum Gasteiger partial charge on any atom is 0.163 e. The summed E-state index contributed by atoms with van der Waals surface area (Å²) in [4.78, 5) is 11.1. The van der Waals surface area contributed by atoms with Gasteiger partial charge in [0, 0.05) is 5.56 Å². The predicted octanol–water partition coefficient (Wildman–Crippen LogP) is 1.97. The number of Topliss-reactive ketones (excluding diaryl/α,β-unsaturated/α-hetero) is 1. The van der Waals surface area contributed by atoms with Crippen molar-refractivity contribution >= 4 is 5.78 Å². The van der Waals surface area contributed by atoms with Crippen molar-refractivity contribution in [3.63, 3.8) is 0 Å². The third-order valence-electron chi connectivity index (χ3n) is 1.98. The van der Waals surface area contributed by atoms with Gasteiger partial charge < -0.3 is 5.11 Å². The summed E-state index contributed by atoms with van der Waals surface area (Å²) in [6.45, 7) is 3.22. The molecule has 0 amide bonds. The Hall–Kier alpha value is -1.82. The van der Waals surface area contributed by atoms with Crippen molar-refractivity contribution in [3.05, 3.63) is 28.8 Å². The Kier molecular flexibility index (Phi) is 2.88. The Labute approximate surface area is 82.6 Å². The summed E-state index contributed by atoms with van der Waals surface area (Å²) >= 11 is 0. The zero-order chi connectivity index (χ0) is 10.7. The van der Waals surface area contributed by atoms with Crippen LogP contribution in [-0.2, 0) is 6.42 Å². The van der Waals surface area contributed by atoms with Crippen LogP contribution < -0.4 is 0 Å². The van der Waals surface area contributed by atoms with E-state index in [-0.39, 0.29) is 23.5 Å². The number of carbonyl (C=O) groups excluding carboxylic acids is 1. The van der Waals surface area contributed by atoms with E-state index in [2.05, 4.69) is 0 Å². The van der Waals surface area contributed by atoms with E-state index >= 15 is 0 Å². The summed E-state index contributed by atoms with van der Waals surface area (Å²) in [6.07, 6.45) is 0.119. The fourth-order valence-electron chi connectivity index (χ4n) is 1.34. The minimum atomic E-state index is -0.189. The van der Waals surface area contributed by atoms with Crippen molar-refractivity contribution in [3.8, 4) is 11.8 Å². The zero-order valence-electron chi connectivity index (χ0n) is 8.16. The SMILES string of the molecule is CC(=O)c1cc(C)cc(CC#N)c1O. The standard InChI is InChI=1S/C11H11NO2/c1-7-5-9(3-4-12)11(14)10(6-7)8(2)13/h5-6,14H,3H2,1-2H3. The van der Waals surface area contributed by atoms with Gasteiger partial charge >= 0.3 is 0 Å². The minimum absolute atomic E-state index is 0.0651. The summed E-state index contributed by atoms with van der Waals surface area (Å²) in [5, 5.41) is 18.2. The predicted molar refractivity (Wildman–Crippen MR) is 52.2 cm³/mol. The molecule has 0 saturated carbocycles. The zero-order valence-corrected chi connectivity index (χ0v) is 8.16. The molecule has 3 nitrogen and oxygen atoms in total. The molecule has 0 spiro atoms. The molecule has 72 valence electrons. The lowest BCUT2D eigenvalue weighted by Crippen LogP contribution is -1.97. The number of aryl methyl sites for hydroxylation is 1. The highest BCUT2D eigenvalue weighted by molar-refractivity contribution is 5.97. The molecule has 0 aromatic heterocycles. The van der Waals surface area contributed by atoms with Gasteiger partial charge in [0.2, 0.25) is 0 Å². The first kappa shape index (κ1) is 10.3. The molecule has 0 aliphatic carbocycles. The van der Waals surface area contributed by atoms with Gasteiger partial charge in [-0.2, -0.15) is 5.26 Å². The quantitative estimate of drug-likeness (QED) is 0.723. The number of benzene rings is 1. The molecule has 1 N–H and O–H groups in total. The van der Waals surface area contributed by atoms with Gasteiger partial charge in [0.15, 0.2) is 5.78 Å². The van der Waals surface area contributed by atoms with Crippen LogP contribution in [0.15, 0.2) is 12.1 Å². The molecule has 0 bridgehead atoms. The minimum Gasteiger partial charge on any atom is -0.507 e. The summed E-state index contributed by atoms with van der Waals surface area (Å²) in [5.41, 5.74) is 1.67. The number of nitriles is 1. The first-order chi connectivity index (χ1) is 6.56. The van der Waals surface area contributed by atoms with Crippen molar-refractivity contribution in [2.45, 2.75) is 20.3 Å². The molecule has 0 aliphatic heterocycles. The largest absolute Gasteiger partial charge is 0.507 e. The van der Waals surface area contributed by atoms with Crippen LogP contribution in [0.25, 0.3) is 0 Å². The van der Waals surface area contributed by atoms with Gasteiger partial charge in [0.05, 0.1) is 18.1 Å². The molecule has 0 fully saturated rings. The molecule has 14 heavy (non-hydrogen) atoms. The van der Waals surface area contributed by atoms with Gasteiger partial charge in [0.25, 0.3) is 0 Å². The summed E-state index contributed by atoms with van der Waals surface area (Å²) in [7, 11) is 0. The van der Waals surface area contributed by atoms with E-state index in [4.69, 9.17) is 5.26 Å². The molecule has 0 aliphatic rings. The van der Waals surface area contributed by atoms with Gasteiger partial charge in [-0.15, -0.1) is 0 Å². The van der Waals surface area contributed by atoms with Crippen molar-refractivity contribution in [2.75, 3.05) is 0 Å². The topological polar surface area (TPSA) is 61.1 Å². The highest BCUT2D eigenvalue weighted by Crippen LogP contribution is 2.25. The monoisotopic (exact) mass is 189 g/mol. The lowest BCUT2D eigenvalue weighted by molar-refractivity contribution is 0.101. The molecular weight excluding hydrogens is 178 g/mol.